The van der Waals surface area contributed by atoms with Gasteiger partial charge in [-0.15, -0.1) is 0 Å². The second kappa shape index (κ2) is 3.50. The highest BCUT2D eigenvalue weighted by Gasteiger charge is 2.34. The molecular formula is C10H15NO2. The van der Waals surface area contributed by atoms with E-state index in [9.17, 15) is 4.79 Å². The Morgan fingerprint density at radius 3 is 3.00 bits per heavy atom. The average molecular weight is 181 g/mol. The van der Waals surface area contributed by atoms with Gasteiger partial charge in [0.25, 0.3) is 0 Å². The Kier molecular flexibility index (Phi) is 2.36. The molecule has 2 unspecified atom stereocenters. The second-order valence-corrected chi connectivity index (χ2v) is 3.68. The Balaban J connectivity index is 1.83. The number of rotatable bonds is 3. The third kappa shape index (κ3) is 1.75. The maximum absolute atomic E-state index is 11.2. The number of fused-ring (bicyclic) bond motifs is 2. The zero-order chi connectivity index (χ0) is 9.26. The molecule has 1 aliphatic carbocycles. The lowest BCUT2D eigenvalue weighted by Crippen LogP contribution is -2.35. The van der Waals surface area contributed by atoms with E-state index in [-0.39, 0.29) is 5.97 Å². The van der Waals surface area contributed by atoms with E-state index in [0.29, 0.717) is 25.1 Å². The summed E-state index contributed by atoms with van der Waals surface area (Å²) in [6, 6.07) is 0.495. The molecule has 0 spiro atoms. The van der Waals surface area contributed by atoms with Gasteiger partial charge in [0.05, 0.1) is 13.2 Å². The van der Waals surface area contributed by atoms with Gasteiger partial charge in [-0.3, -0.25) is 9.69 Å². The SMILES string of the molecule is CCOC(=O)CN1CC2C=CC1C2. The van der Waals surface area contributed by atoms with Gasteiger partial charge in [-0.1, -0.05) is 12.2 Å². The highest BCUT2D eigenvalue weighted by atomic mass is 16.5. The molecule has 3 nitrogen and oxygen atoms in total. The van der Waals surface area contributed by atoms with Gasteiger partial charge in [0, 0.05) is 12.6 Å². The third-order valence-electron chi connectivity index (χ3n) is 2.73. The van der Waals surface area contributed by atoms with Crippen molar-refractivity contribution in [1.29, 1.82) is 0 Å². The minimum absolute atomic E-state index is 0.0940. The predicted octanol–water partition coefficient (Wildman–Crippen LogP) is 0.810. The molecule has 0 aromatic heterocycles. The van der Waals surface area contributed by atoms with Crippen molar-refractivity contribution in [3.8, 4) is 0 Å². The summed E-state index contributed by atoms with van der Waals surface area (Å²) in [5.41, 5.74) is 0. The van der Waals surface area contributed by atoms with Crippen LogP contribution in [0.25, 0.3) is 0 Å². The minimum atomic E-state index is -0.0940. The van der Waals surface area contributed by atoms with Crippen molar-refractivity contribution in [3.05, 3.63) is 12.2 Å². The number of esters is 1. The number of hydrogen-bond donors (Lipinski definition) is 0. The Morgan fingerprint density at radius 2 is 2.46 bits per heavy atom. The highest BCUT2D eigenvalue weighted by molar-refractivity contribution is 5.71. The molecule has 0 aromatic rings. The zero-order valence-corrected chi connectivity index (χ0v) is 7.90. The van der Waals surface area contributed by atoms with Crippen molar-refractivity contribution in [3.63, 3.8) is 0 Å². The van der Waals surface area contributed by atoms with E-state index in [4.69, 9.17) is 4.74 Å². The van der Waals surface area contributed by atoms with Crippen LogP contribution in [0, 0.1) is 5.92 Å². The molecule has 1 heterocycles. The fraction of sp³-hybridized carbons (Fsp3) is 0.700. The van der Waals surface area contributed by atoms with Gasteiger partial charge in [0.15, 0.2) is 0 Å². The molecule has 2 bridgehead atoms. The van der Waals surface area contributed by atoms with Gasteiger partial charge in [-0.05, 0) is 19.3 Å². The third-order valence-corrected chi connectivity index (χ3v) is 2.73. The number of carbonyl (C=O) groups excluding carboxylic acids is 1. The monoisotopic (exact) mass is 181 g/mol. The Bertz CT molecular complexity index is 237. The molecule has 0 radical (unpaired) electrons. The average Bonchev–Trinajstić information content (AvgIpc) is 2.65. The van der Waals surface area contributed by atoms with Crippen molar-refractivity contribution in [1.82, 2.24) is 4.90 Å². The van der Waals surface area contributed by atoms with E-state index in [0.717, 1.165) is 6.54 Å². The van der Waals surface area contributed by atoms with Crippen LogP contribution >= 0.6 is 0 Å². The summed E-state index contributed by atoms with van der Waals surface area (Å²) in [6.07, 6.45) is 5.65. The largest absolute Gasteiger partial charge is 0.465 e. The van der Waals surface area contributed by atoms with E-state index in [2.05, 4.69) is 17.1 Å². The van der Waals surface area contributed by atoms with Gasteiger partial charge in [-0.2, -0.15) is 0 Å². The van der Waals surface area contributed by atoms with Gasteiger partial charge in [0.2, 0.25) is 0 Å². The molecule has 1 fully saturated rings. The summed E-state index contributed by atoms with van der Waals surface area (Å²) < 4.78 is 4.91. The van der Waals surface area contributed by atoms with Crippen LogP contribution < -0.4 is 0 Å². The first-order chi connectivity index (χ1) is 6.29. The van der Waals surface area contributed by atoms with Gasteiger partial charge >= 0.3 is 5.97 Å². The van der Waals surface area contributed by atoms with Crippen LogP contribution in [0.2, 0.25) is 0 Å². The molecule has 0 N–H and O–H groups in total. The van der Waals surface area contributed by atoms with E-state index < -0.39 is 0 Å². The molecule has 1 saturated heterocycles. The minimum Gasteiger partial charge on any atom is -0.465 e. The van der Waals surface area contributed by atoms with Crippen LogP contribution in [0.1, 0.15) is 13.3 Å². The van der Waals surface area contributed by atoms with Crippen molar-refractivity contribution >= 4 is 5.97 Å². The molecular weight excluding hydrogens is 166 g/mol. The Morgan fingerprint density at radius 1 is 1.62 bits per heavy atom. The Hall–Kier alpha value is -0.830. The topological polar surface area (TPSA) is 29.5 Å². The number of carbonyl (C=O) groups is 1. The molecule has 2 aliphatic rings. The predicted molar refractivity (Wildman–Crippen MR) is 49.2 cm³/mol. The van der Waals surface area contributed by atoms with Crippen molar-refractivity contribution < 1.29 is 9.53 Å². The van der Waals surface area contributed by atoms with E-state index in [1.165, 1.54) is 6.42 Å². The number of hydrogen-bond acceptors (Lipinski definition) is 3. The lowest BCUT2D eigenvalue weighted by atomic mass is 10.2. The first-order valence-electron chi connectivity index (χ1n) is 4.87. The van der Waals surface area contributed by atoms with Crippen LogP contribution in [0.4, 0.5) is 0 Å². The zero-order valence-electron chi connectivity index (χ0n) is 7.90. The quantitative estimate of drug-likeness (QED) is 0.476. The maximum atomic E-state index is 11.2. The summed E-state index contributed by atoms with van der Waals surface area (Å²) in [5, 5.41) is 0. The molecule has 72 valence electrons. The first-order valence-corrected chi connectivity index (χ1v) is 4.87. The van der Waals surface area contributed by atoms with Gasteiger partial charge in [-0.25, -0.2) is 0 Å². The number of ether oxygens (including phenoxy) is 1. The van der Waals surface area contributed by atoms with Crippen LogP contribution in [0.5, 0.6) is 0 Å². The summed E-state index contributed by atoms with van der Waals surface area (Å²) in [6.45, 7) is 3.81. The standard InChI is InChI=1S/C10H15NO2/c1-2-13-10(12)7-11-6-8-3-4-9(11)5-8/h3-4,8-9H,2,5-7H2,1H3. The van der Waals surface area contributed by atoms with Crippen molar-refractivity contribution in [2.75, 3.05) is 19.7 Å². The molecule has 2 atom stereocenters. The molecule has 13 heavy (non-hydrogen) atoms. The van der Waals surface area contributed by atoms with Crippen LogP contribution in [0.15, 0.2) is 12.2 Å². The normalized spacial score (nSPS) is 31.2. The molecule has 3 heteroatoms. The highest BCUT2D eigenvalue weighted by Crippen LogP contribution is 2.30. The van der Waals surface area contributed by atoms with E-state index in [1.54, 1.807) is 0 Å². The van der Waals surface area contributed by atoms with E-state index >= 15 is 0 Å². The fourth-order valence-electron chi connectivity index (χ4n) is 2.15. The van der Waals surface area contributed by atoms with Crippen LogP contribution in [0.3, 0.4) is 0 Å². The summed E-state index contributed by atoms with van der Waals surface area (Å²) in [4.78, 5) is 13.4. The summed E-state index contributed by atoms with van der Waals surface area (Å²) in [7, 11) is 0. The summed E-state index contributed by atoms with van der Waals surface area (Å²) in [5.74, 6) is 0.586. The van der Waals surface area contributed by atoms with Crippen LogP contribution in [-0.4, -0.2) is 36.6 Å². The van der Waals surface area contributed by atoms with Gasteiger partial charge in [0.1, 0.15) is 0 Å². The van der Waals surface area contributed by atoms with Gasteiger partial charge < -0.3 is 4.74 Å². The fourth-order valence-corrected chi connectivity index (χ4v) is 2.15. The maximum Gasteiger partial charge on any atom is 0.320 e. The van der Waals surface area contributed by atoms with Crippen LogP contribution in [-0.2, 0) is 9.53 Å². The Labute approximate surface area is 78.4 Å². The first kappa shape index (κ1) is 8.75. The molecule has 0 aromatic carbocycles. The lowest BCUT2D eigenvalue weighted by molar-refractivity contribution is -0.144. The smallest absolute Gasteiger partial charge is 0.320 e. The molecule has 0 saturated carbocycles. The van der Waals surface area contributed by atoms with Crippen molar-refractivity contribution in [2.45, 2.75) is 19.4 Å². The molecule has 1 aliphatic heterocycles. The molecule has 0 amide bonds. The summed E-state index contributed by atoms with van der Waals surface area (Å²) >= 11 is 0. The lowest BCUT2D eigenvalue weighted by Gasteiger charge is -2.21. The van der Waals surface area contributed by atoms with Crippen molar-refractivity contribution in [2.24, 2.45) is 5.92 Å². The number of nitrogens with zero attached hydrogens (tertiary/aromatic N) is 1. The second-order valence-electron chi connectivity index (χ2n) is 3.68. The van der Waals surface area contributed by atoms with E-state index in [1.807, 2.05) is 6.92 Å². The number of likely N-dealkylation sites (tertiary alicyclic amines) is 1. The molecule has 2 rings (SSSR count).